The van der Waals surface area contributed by atoms with Gasteiger partial charge in [-0.25, -0.2) is 4.39 Å². The fourth-order valence-electron chi connectivity index (χ4n) is 2.22. The lowest BCUT2D eigenvalue weighted by atomic mass is 10.1. The minimum absolute atomic E-state index is 0. The van der Waals surface area contributed by atoms with Gasteiger partial charge in [0, 0.05) is 19.5 Å². The van der Waals surface area contributed by atoms with Crippen LogP contribution in [0.1, 0.15) is 17.3 Å². The molecule has 1 N–H and O–H groups in total. The lowest BCUT2D eigenvalue weighted by Gasteiger charge is -2.21. The van der Waals surface area contributed by atoms with Crippen molar-refractivity contribution in [3.05, 3.63) is 47.4 Å². The summed E-state index contributed by atoms with van der Waals surface area (Å²) in [6.45, 7) is 2.38. The summed E-state index contributed by atoms with van der Waals surface area (Å²) in [6, 6.07) is 6.41. The molecule has 21 heavy (non-hydrogen) atoms. The minimum atomic E-state index is -0.257. The fourth-order valence-corrected chi connectivity index (χ4v) is 2.22. The zero-order valence-corrected chi connectivity index (χ0v) is 12.2. The number of hydrogen-bond acceptors (Lipinski definition) is 5. The highest BCUT2D eigenvalue weighted by Crippen LogP contribution is 2.11. The molecule has 2 heterocycles. The van der Waals surface area contributed by atoms with Crippen molar-refractivity contribution in [3.8, 4) is 0 Å². The number of ether oxygens (including phenoxy) is 1. The Balaban J connectivity index is 0.00000161. The van der Waals surface area contributed by atoms with Crippen LogP contribution in [0.15, 0.2) is 28.8 Å². The van der Waals surface area contributed by atoms with E-state index >= 15 is 0 Å². The Kier molecular flexibility index (Phi) is 5.67. The Morgan fingerprint density at radius 2 is 2.29 bits per heavy atom. The van der Waals surface area contributed by atoms with Crippen LogP contribution in [0.4, 0.5) is 4.39 Å². The third kappa shape index (κ3) is 4.49. The van der Waals surface area contributed by atoms with Gasteiger partial charge in [-0.3, -0.25) is 0 Å². The second kappa shape index (κ2) is 7.49. The summed E-state index contributed by atoms with van der Waals surface area (Å²) in [6.07, 6.45) is 1.14. The van der Waals surface area contributed by atoms with Gasteiger partial charge >= 0.3 is 0 Å². The molecule has 5 nitrogen and oxygen atoms in total. The highest BCUT2D eigenvalue weighted by molar-refractivity contribution is 5.85. The van der Waals surface area contributed by atoms with Gasteiger partial charge in [0.2, 0.25) is 5.89 Å². The summed E-state index contributed by atoms with van der Waals surface area (Å²) in [7, 11) is 0. The molecule has 1 unspecified atom stereocenters. The number of hydrogen-bond donors (Lipinski definition) is 1. The molecule has 1 saturated heterocycles. The van der Waals surface area contributed by atoms with Gasteiger partial charge in [0.05, 0.1) is 19.1 Å². The van der Waals surface area contributed by atoms with Gasteiger partial charge in [-0.05, 0) is 17.7 Å². The van der Waals surface area contributed by atoms with Crippen molar-refractivity contribution in [2.75, 3.05) is 19.7 Å². The molecular weight excluding hydrogens is 297 g/mol. The maximum atomic E-state index is 13.1. The number of nitrogens with one attached hydrogen (secondary N) is 1. The van der Waals surface area contributed by atoms with E-state index < -0.39 is 0 Å². The van der Waals surface area contributed by atoms with Crippen molar-refractivity contribution in [2.24, 2.45) is 0 Å². The second-order valence-electron chi connectivity index (χ2n) is 4.81. The van der Waals surface area contributed by atoms with Gasteiger partial charge in [0.1, 0.15) is 5.82 Å². The van der Waals surface area contributed by atoms with Crippen LogP contribution in [-0.4, -0.2) is 35.9 Å². The van der Waals surface area contributed by atoms with Gasteiger partial charge < -0.3 is 14.6 Å². The van der Waals surface area contributed by atoms with Gasteiger partial charge in [-0.2, -0.15) is 4.98 Å². The van der Waals surface area contributed by atoms with Crippen LogP contribution in [0.2, 0.25) is 0 Å². The third-order valence-corrected chi connectivity index (χ3v) is 3.17. The van der Waals surface area contributed by atoms with Crippen molar-refractivity contribution in [2.45, 2.75) is 18.9 Å². The first-order chi connectivity index (χ1) is 9.79. The number of rotatable bonds is 4. The number of nitrogens with zero attached hydrogens (tertiary/aromatic N) is 2. The fraction of sp³-hybridized carbons (Fsp3) is 0.429. The Labute approximate surface area is 128 Å². The minimum Gasteiger partial charge on any atom is -0.375 e. The smallest absolute Gasteiger partial charge is 0.229 e. The lowest BCUT2D eigenvalue weighted by molar-refractivity contribution is 0.0246. The second-order valence-corrected chi connectivity index (χ2v) is 4.81. The van der Waals surface area contributed by atoms with E-state index in [-0.39, 0.29) is 24.3 Å². The van der Waals surface area contributed by atoms with E-state index in [9.17, 15) is 4.39 Å². The molecule has 1 atom stereocenters. The molecule has 1 aromatic carbocycles. The maximum absolute atomic E-state index is 13.1. The summed E-state index contributed by atoms with van der Waals surface area (Å²) < 4.78 is 23.9. The van der Waals surface area contributed by atoms with Crippen LogP contribution in [0.3, 0.4) is 0 Å². The molecule has 0 radical (unpaired) electrons. The third-order valence-electron chi connectivity index (χ3n) is 3.17. The molecule has 1 aromatic heterocycles. The molecule has 0 aliphatic carbocycles. The van der Waals surface area contributed by atoms with Crippen LogP contribution < -0.4 is 5.32 Å². The van der Waals surface area contributed by atoms with Gasteiger partial charge in [0.25, 0.3) is 0 Å². The van der Waals surface area contributed by atoms with Gasteiger partial charge in [-0.15, -0.1) is 12.4 Å². The van der Waals surface area contributed by atoms with Crippen LogP contribution in [0, 0.1) is 5.82 Å². The average Bonchev–Trinajstić information content (AvgIpc) is 2.87. The van der Waals surface area contributed by atoms with Gasteiger partial charge in [0.15, 0.2) is 5.82 Å². The maximum Gasteiger partial charge on any atom is 0.229 e. The Morgan fingerprint density at radius 1 is 1.38 bits per heavy atom. The molecule has 114 valence electrons. The number of halogens is 2. The predicted molar refractivity (Wildman–Crippen MR) is 77.1 cm³/mol. The highest BCUT2D eigenvalue weighted by Gasteiger charge is 2.17. The van der Waals surface area contributed by atoms with Crippen molar-refractivity contribution in [1.82, 2.24) is 15.5 Å². The van der Waals surface area contributed by atoms with Gasteiger partial charge in [-0.1, -0.05) is 17.3 Å². The predicted octanol–water partition coefficient (Wildman–Crippen LogP) is 1.75. The molecule has 0 spiro atoms. The largest absolute Gasteiger partial charge is 0.375 e. The Hall–Kier alpha value is -1.50. The van der Waals surface area contributed by atoms with Crippen molar-refractivity contribution in [3.63, 3.8) is 0 Å². The monoisotopic (exact) mass is 313 g/mol. The average molecular weight is 314 g/mol. The van der Waals surface area contributed by atoms with E-state index in [1.54, 1.807) is 6.07 Å². The van der Waals surface area contributed by atoms with E-state index in [0.717, 1.165) is 18.7 Å². The topological polar surface area (TPSA) is 60.2 Å². The van der Waals surface area contributed by atoms with E-state index in [1.165, 1.54) is 12.1 Å². The first kappa shape index (κ1) is 15.9. The number of morpholine rings is 1. The molecule has 0 bridgehead atoms. The van der Waals surface area contributed by atoms with E-state index in [0.29, 0.717) is 31.2 Å². The summed E-state index contributed by atoms with van der Waals surface area (Å²) >= 11 is 0. The summed E-state index contributed by atoms with van der Waals surface area (Å²) in [5.74, 6) is 0.868. The van der Waals surface area contributed by atoms with E-state index in [1.807, 2.05) is 6.07 Å². The van der Waals surface area contributed by atoms with Crippen LogP contribution in [0.5, 0.6) is 0 Å². The number of benzene rings is 1. The normalized spacial score (nSPS) is 18.2. The van der Waals surface area contributed by atoms with Crippen LogP contribution in [-0.2, 0) is 17.6 Å². The molecule has 7 heteroatoms. The van der Waals surface area contributed by atoms with E-state index in [4.69, 9.17) is 9.26 Å². The molecule has 1 aliphatic rings. The van der Waals surface area contributed by atoms with Crippen molar-refractivity contribution in [1.29, 1.82) is 0 Å². The zero-order chi connectivity index (χ0) is 13.8. The Bertz CT molecular complexity index is 573. The number of aromatic nitrogens is 2. The molecule has 0 saturated carbocycles. The van der Waals surface area contributed by atoms with E-state index in [2.05, 4.69) is 15.5 Å². The zero-order valence-electron chi connectivity index (χ0n) is 11.4. The quantitative estimate of drug-likeness (QED) is 0.932. The summed E-state index contributed by atoms with van der Waals surface area (Å²) in [4.78, 5) is 4.32. The molecule has 1 fully saturated rings. The SMILES string of the molecule is Cl.Fc1cccc(Cc2noc(CC3CNCCO3)n2)c1. The molecule has 2 aromatic rings. The van der Waals surface area contributed by atoms with Crippen molar-refractivity contribution >= 4 is 12.4 Å². The molecule has 0 amide bonds. The molecule has 3 rings (SSSR count). The first-order valence-corrected chi connectivity index (χ1v) is 6.68. The Morgan fingerprint density at radius 3 is 3.05 bits per heavy atom. The summed E-state index contributed by atoms with van der Waals surface area (Å²) in [5.41, 5.74) is 0.827. The van der Waals surface area contributed by atoms with Crippen molar-refractivity contribution < 1.29 is 13.7 Å². The lowest BCUT2D eigenvalue weighted by Crippen LogP contribution is -2.39. The summed E-state index contributed by atoms with van der Waals surface area (Å²) in [5, 5.41) is 7.17. The standard InChI is InChI=1S/C14H16FN3O2.ClH/c15-11-3-1-2-10(6-11)7-13-17-14(20-18-13)8-12-9-16-4-5-19-12;/h1-3,6,12,16H,4-5,7-9H2;1H. The molecular formula is C14H17ClFN3O2. The first-order valence-electron chi connectivity index (χ1n) is 6.68. The highest BCUT2D eigenvalue weighted by atomic mass is 35.5. The van der Waals surface area contributed by atoms with Crippen LogP contribution in [0.25, 0.3) is 0 Å². The van der Waals surface area contributed by atoms with Crippen LogP contribution >= 0.6 is 12.4 Å². The molecule has 1 aliphatic heterocycles.